The van der Waals surface area contributed by atoms with Crippen LogP contribution in [0, 0.1) is 0 Å². The highest BCUT2D eigenvalue weighted by Gasteiger charge is 2.07. The summed E-state index contributed by atoms with van der Waals surface area (Å²) in [4.78, 5) is 4.08. The monoisotopic (exact) mass is 367 g/mol. The van der Waals surface area contributed by atoms with Gasteiger partial charge >= 0.3 is 0 Å². The smallest absolute Gasteiger partial charge is 0.134 e. The van der Waals surface area contributed by atoms with E-state index in [1.807, 2.05) is 42.6 Å². The zero-order valence-corrected chi connectivity index (χ0v) is 14.4. The quantitative estimate of drug-likeness (QED) is 0.748. The summed E-state index contributed by atoms with van der Waals surface area (Å²) in [5.41, 5.74) is 2.01. The van der Waals surface area contributed by atoms with Crippen molar-refractivity contribution in [1.82, 2.24) is 10.3 Å². The van der Waals surface area contributed by atoms with Crippen molar-refractivity contribution in [3.8, 4) is 11.3 Å². The van der Waals surface area contributed by atoms with Gasteiger partial charge in [-0.2, -0.15) is 0 Å². The first kappa shape index (κ1) is 17.8. The number of rotatable bonds is 5. The first-order chi connectivity index (χ1) is 10.7. The van der Waals surface area contributed by atoms with Crippen LogP contribution in [0.3, 0.4) is 0 Å². The molecule has 3 rings (SSSR count). The Morgan fingerprint density at radius 3 is 2.48 bits per heavy atom. The van der Waals surface area contributed by atoms with E-state index < -0.39 is 0 Å². The van der Waals surface area contributed by atoms with Gasteiger partial charge in [0, 0.05) is 34.5 Å². The van der Waals surface area contributed by atoms with E-state index in [9.17, 15) is 0 Å². The molecule has 0 fully saturated rings. The Kier molecular flexibility index (Phi) is 6.48. The molecule has 3 nitrogen and oxygen atoms in total. The molecular weight excluding hydrogens is 355 g/mol. The minimum Gasteiger partial charge on any atom is -1.00 e. The molecule has 0 saturated heterocycles. The average Bonchev–Trinajstić information content (AvgIpc) is 2.96. The third-order valence-corrected chi connectivity index (χ3v) is 3.60. The number of aromatic nitrogens is 1. The summed E-state index contributed by atoms with van der Waals surface area (Å²) < 4.78 is 5.82. The zero-order valence-electron chi connectivity index (χ0n) is 12.1. The number of furan rings is 1. The van der Waals surface area contributed by atoms with Crippen molar-refractivity contribution >= 4 is 23.2 Å². The highest BCUT2D eigenvalue weighted by atomic mass is 35.5. The number of halogens is 3. The molecule has 1 aromatic carbocycles. The van der Waals surface area contributed by atoms with Crippen LogP contribution in [0.15, 0.2) is 59.3 Å². The van der Waals surface area contributed by atoms with Crippen LogP contribution in [0.25, 0.3) is 11.3 Å². The predicted molar refractivity (Wildman–Crippen MR) is 88.9 cm³/mol. The van der Waals surface area contributed by atoms with Gasteiger partial charge in [0.1, 0.15) is 11.5 Å². The number of hydrogen-bond donors (Lipinski definition) is 1. The van der Waals surface area contributed by atoms with Gasteiger partial charge in [0.25, 0.3) is 0 Å². The molecule has 0 amide bonds. The van der Waals surface area contributed by atoms with E-state index in [-0.39, 0.29) is 12.4 Å². The van der Waals surface area contributed by atoms with Gasteiger partial charge in [0.2, 0.25) is 0 Å². The van der Waals surface area contributed by atoms with Crippen molar-refractivity contribution in [2.24, 2.45) is 0 Å². The minimum atomic E-state index is 0. The summed E-state index contributed by atoms with van der Waals surface area (Å²) in [6.07, 6.45) is 3.60. The van der Waals surface area contributed by atoms with Crippen LogP contribution in [-0.2, 0) is 13.1 Å². The number of nitrogens with one attached hydrogen (secondary N) is 1. The third-order valence-electron chi connectivity index (χ3n) is 3.16. The standard InChI is InChI=1S/C17H14Cl2N2O.ClH/c18-14-6-13(7-15(19)8-14)17-4-3-16(22-17)11-21-10-12-2-1-5-20-9-12;/h1-9,21H,10-11H2;1H/p-1. The number of pyridine rings is 1. The molecule has 2 heterocycles. The van der Waals surface area contributed by atoms with Gasteiger partial charge in [-0.1, -0.05) is 29.3 Å². The number of benzene rings is 1. The fraction of sp³-hybridized carbons (Fsp3) is 0.118. The predicted octanol–water partition coefficient (Wildman–Crippen LogP) is 1.94. The lowest BCUT2D eigenvalue weighted by atomic mass is 10.2. The summed E-state index contributed by atoms with van der Waals surface area (Å²) in [6, 6.07) is 13.2. The van der Waals surface area contributed by atoms with Crippen molar-refractivity contribution in [3.05, 3.63) is 76.2 Å². The first-order valence-electron chi connectivity index (χ1n) is 6.85. The molecule has 0 spiro atoms. The molecule has 23 heavy (non-hydrogen) atoms. The molecule has 0 unspecified atom stereocenters. The van der Waals surface area contributed by atoms with Gasteiger partial charge < -0.3 is 22.1 Å². The Balaban J connectivity index is 0.00000192. The van der Waals surface area contributed by atoms with E-state index in [4.69, 9.17) is 27.6 Å². The van der Waals surface area contributed by atoms with Crippen molar-refractivity contribution in [2.45, 2.75) is 13.1 Å². The van der Waals surface area contributed by atoms with Gasteiger partial charge in [-0.25, -0.2) is 0 Å². The molecule has 3 aromatic rings. The molecule has 0 aliphatic carbocycles. The summed E-state index contributed by atoms with van der Waals surface area (Å²) in [5, 5.41) is 4.51. The Labute approximate surface area is 151 Å². The molecular formula is C17H14Cl3N2O-. The topological polar surface area (TPSA) is 38.1 Å². The molecule has 6 heteroatoms. The Bertz CT molecular complexity index is 739. The van der Waals surface area contributed by atoms with Crippen LogP contribution in [0.4, 0.5) is 0 Å². The maximum Gasteiger partial charge on any atom is 0.134 e. The molecule has 0 radical (unpaired) electrons. The van der Waals surface area contributed by atoms with Crippen molar-refractivity contribution in [2.75, 3.05) is 0 Å². The third kappa shape index (κ3) is 4.98. The van der Waals surface area contributed by atoms with Crippen molar-refractivity contribution < 1.29 is 16.8 Å². The van der Waals surface area contributed by atoms with Gasteiger partial charge in [0.15, 0.2) is 0 Å². The largest absolute Gasteiger partial charge is 1.00 e. The Hall–Kier alpha value is -1.52. The lowest BCUT2D eigenvalue weighted by Gasteiger charge is -2.03. The van der Waals surface area contributed by atoms with Crippen LogP contribution in [-0.4, -0.2) is 4.98 Å². The molecule has 0 saturated carbocycles. The number of hydrogen-bond acceptors (Lipinski definition) is 3. The van der Waals surface area contributed by atoms with Gasteiger partial charge in [-0.15, -0.1) is 0 Å². The van der Waals surface area contributed by atoms with Crippen LogP contribution < -0.4 is 17.7 Å². The van der Waals surface area contributed by atoms with Gasteiger partial charge in [-0.3, -0.25) is 4.98 Å². The minimum absolute atomic E-state index is 0. The van der Waals surface area contributed by atoms with Crippen LogP contribution in [0.5, 0.6) is 0 Å². The second-order valence-electron chi connectivity index (χ2n) is 4.89. The van der Waals surface area contributed by atoms with Gasteiger partial charge in [0.05, 0.1) is 6.54 Å². The highest BCUT2D eigenvalue weighted by Crippen LogP contribution is 2.28. The summed E-state index contributed by atoms with van der Waals surface area (Å²) in [7, 11) is 0. The fourth-order valence-corrected chi connectivity index (χ4v) is 2.68. The summed E-state index contributed by atoms with van der Waals surface area (Å²) in [6.45, 7) is 1.38. The number of nitrogens with zero attached hydrogens (tertiary/aromatic N) is 1. The average molecular weight is 369 g/mol. The van der Waals surface area contributed by atoms with E-state index in [0.717, 1.165) is 29.2 Å². The van der Waals surface area contributed by atoms with E-state index in [0.29, 0.717) is 16.6 Å². The molecule has 2 aromatic heterocycles. The van der Waals surface area contributed by atoms with E-state index in [1.54, 1.807) is 12.3 Å². The lowest BCUT2D eigenvalue weighted by Crippen LogP contribution is -3.00. The molecule has 0 bridgehead atoms. The Morgan fingerprint density at radius 1 is 1.00 bits per heavy atom. The van der Waals surface area contributed by atoms with Crippen LogP contribution in [0.1, 0.15) is 11.3 Å². The normalized spacial score (nSPS) is 10.3. The molecule has 0 atom stereocenters. The lowest BCUT2D eigenvalue weighted by molar-refractivity contribution is -0.00000486. The molecule has 0 aliphatic heterocycles. The molecule has 120 valence electrons. The Morgan fingerprint density at radius 2 is 1.78 bits per heavy atom. The van der Waals surface area contributed by atoms with E-state index in [1.165, 1.54) is 0 Å². The highest BCUT2D eigenvalue weighted by molar-refractivity contribution is 6.35. The van der Waals surface area contributed by atoms with Crippen LogP contribution in [0.2, 0.25) is 10.0 Å². The van der Waals surface area contributed by atoms with Crippen molar-refractivity contribution in [1.29, 1.82) is 0 Å². The second kappa shape index (κ2) is 8.37. The van der Waals surface area contributed by atoms with Gasteiger partial charge in [-0.05, 0) is 42.0 Å². The second-order valence-corrected chi connectivity index (χ2v) is 5.76. The van der Waals surface area contributed by atoms with Crippen molar-refractivity contribution in [3.63, 3.8) is 0 Å². The zero-order chi connectivity index (χ0) is 15.4. The first-order valence-corrected chi connectivity index (χ1v) is 7.61. The fourth-order valence-electron chi connectivity index (χ4n) is 2.16. The maximum absolute atomic E-state index is 6.01. The van der Waals surface area contributed by atoms with E-state index >= 15 is 0 Å². The van der Waals surface area contributed by atoms with E-state index in [2.05, 4.69) is 10.3 Å². The summed E-state index contributed by atoms with van der Waals surface area (Å²) in [5.74, 6) is 1.61. The van der Waals surface area contributed by atoms with Crippen LogP contribution >= 0.6 is 23.2 Å². The SMILES string of the molecule is Clc1cc(Cl)cc(-c2ccc(CNCc3cccnc3)o2)c1.[Cl-]. The maximum atomic E-state index is 6.01. The molecule has 0 aliphatic rings. The summed E-state index contributed by atoms with van der Waals surface area (Å²) >= 11 is 12.0. The molecule has 1 N–H and O–H groups in total.